The Morgan fingerprint density at radius 2 is 1.62 bits per heavy atom. The van der Waals surface area contributed by atoms with Crippen molar-refractivity contribution in [2.24, 2.45) is 0 Å². The van der Waals surface area contributed by atoms with E-state index in [1.54, 1.807) is 0 Å². The molecule has 0 rings (SSSR count). The molecule has 0 atom stereocenters. The highest BCUT2D eigenvalue weighted by Crippen LogP contribution is 2.24. The van der Waals surface area contributed by atoms with Crippen LogP contribution in [-0.2, 0) is 19.0 Å². The first-order chi connectivity index (χ1) is 7.17. The van der Waals surface area contributed by atoms with Gasteiger partial charge in [-0.25, -0.2) is 0 Å². The smallest absolute Gasteiger partial charge is 0.379 e. The largest absolute Gasteiger partial charge is 0.523 e. The van der Waals surface area contributed by atoms with Crippen LogP contribution in [0, 0.1) is 0 Å². The number of alkyl halides is 3. The van der Waals surface area contributed by atoms with E-state index in [2.05, 4.69) is 4.18 Å². The lowest BCUT2D eigenvalue weighted by molar-refractivity contribution is -0.0543. The molecule has 0 aliphatic carbocycles. The zero-order valence-electron chi connectivity index (χ0n) is 9.08. The zero-order valence-corrected chi connectivity index (χ0v) is 9.90. The van der Waals surface area contributed by atoms with E-state index in [4.69, 9.17) is 4.74 Å². The molecule has 98 valence electrons. The average molecular weight is 264 g/mol. The van der Waals surface area contributed by atoms with E-state index < -0.39 is 22.2 Å². The van der Waals surface area contributed by atoms with Crippen LogP contribution in [0.4, 0.5) is 13.2 Å². The van der Waals surface area contributed by atoms with Crippen molar-refractivity contribution in [2.75, 3.05) is 13.2 Å². The zero-order chi connectivity index (χ0) is 12.8. The van der Waals surface area contributed by atoms with Crippen LogP contribution in [-0.4, -0.2) is 33.2 Å². The van der Waals surface area contributed by atoms with E-state index in [1.165, 1.54) is 0 Å². The number of hydrogen-bond acceptors (Lipinski definition) is 4. The second-order valence-electron chi connectivity index (χ2n) is 3.35. The second-order valence-corrected chi connectivity index (χ2v) is 4.96. The van der Waals surface area contributed by atoms with Crippen LogP contribution < -0.4 is 0 Å². The minimum absolute atomic E-state index is 0.0415. The standard InChI is InChI=1S/C8H15F3O4S/c1-7(2)14-5-3-4-6-15-16(12,13)8(9,10)11/h7H,3-6H2,1-2H3. The Morgan fingerprint density at radius 1 is 1.12 bits per heavy atom. The molecular weight excluding hydrogens is 249 g/mol. The van der Waals surface area contributed by atoms with Gasteiger partial charge in [0.05, 0.1) is 12.7 Å². The monoisotopic (exact) mass is 264 g/mol. The number of ether oxygens (including phenoxy) is 1. The summed E-state index contributed by atoms with van der Waals surface area (Å²) in [5.74, 6) is 0. The Bertz CT molecular complexity index is 284. The van der Waals surface area contributed by atoms with E-state index in [0.29, 0.717) is 13.0 Å². The molecule has 8 heteroatoms. The first-order valence-corrected chi connectivity index (χ1v) is 6.15. The van der Waals surface area contributed by atoms with E-state index in [-0.39, 0.29) is 12.5 Å². The molecule has 0 spiro atoms. The molecule has 0 aromatic heterocycles. The number of rotatable bonds is 7. The molecule has 16 heavy (non-hydrogen) atoms. The van der Waals surface area contributed by atoms with Crippen molar-refractivity contribution in [3.8, 4) is 0 Å². The van der Waals surface area contributed by atoms with Gasteiger partial charge in [-0.1, -0.05) is 0 Å². The lowest BCUT2D eigenvalue weighted by Crippen LogP contribution is -2.25. The van der Waals surface area contributed by atoms with Crippen LogP contribution in [0.1, 0.15) is 26.7 Å². The third-order valence-corrected chi connectivity index (χ3v) is 2.56. The van der Waals surface area contributed by atoms with E-state index in [0.717, 1.165) is 0 Å². The van der Waals surface area contributed by atoms with Crippen molar-refractivity contribution in [3.63, 3.8) is 0 Å². The predicted molar refractivity (Wildman–Crippen MR) is 51.2 cm³/mol. The first kappa shape index (κ1) is 15.7. The van der Waals surface area contributed by atoms with Crippen LogP contribution >= 0.6 is 0 Å². The summed E-state index contributed by atoms with van der Waals surface area (Å²) in [4.78, 5) is 0. The van der Waals surface area contributed by atoms with Crippen LogP contribution in [0.5, 0.6) is 0 Å². The minimum Gasteiger partial charge on any atom is -0.379 e. The lowest BCUT2D eigenvalue weighted by Gasteiger charge is -2.09. The van der Waals surface area contributed by atoms with E-state index in [9.17, 15) is 21.6 Å². The van der Waals surface area contributed by atoms with Gasteiger partial charge in [-0.2, -0.15) is 21.6 Å². The van der Waals surface area contributed by atoms with Gasteiger partial charge >= 0.3 is 15.6 Å². The molecular formula is C8H15F3O4S. The van der Waals surface area contributed by atoms with Crippen LogP contribution in [0.25, 0.3) is 0 Å². The summed E-state index contributed by atoms with van der Waals surface area (Å²) in [5.41, 5.74) is -5.35. The Labute approximate surface area is 92.9 Å². The van der Waals surface area contributed by atoms with Crippen LogP contribution in [0.15, 0.2) is 0 Å². The third-order valence-electron chi connectivity index (χ3n) is 1.51. The Morgan fingerprint density at radius 3 is 2.06 bits per heavy atom. The maximum Gasteiger partial charge on any atom is 0.523 e. The molecule has 0 heterocycles. The molecule has 4 nitrogen and oxygen atoms in total. The number of halogens is 3. The van der Waals surface area contributed by atoms with Gasteiger partial charge in [0, 0.05) is 6.61 Å². The number of hydrogen-bond donors (Lipinski definition) is 0. The van der Waals surface area contributed by atoms with Crippen molar-refractivity contribution < 1.29 is 30.5 Å². The summed E-state index contributed by atoms with van der Waals surface area (Å²) in [6.45, 7) is 3.53. The first-order valence-electron chi connectivity index (χ1n) is 4.74. The van der Waals surface area contributed by atoms with Crippen molar-refractivity contribution >= 4 is 10.1 Å². The molecule has 0 saturated carbocycles. The average Bonchev–Trinajstić information content (AvgIpc) is 2.08. The summed E-state index contributed by atoms with van der Waals surface area (Å²) in [5, 5.41) is 0. The molecule has 0 bridgehead atoms. The van der Waals surface area contributed by atoms with Gasteiger partial charge in [-0.15, -0.1) is 0 Å². The fraction of sp³-hybridized carbons (Fsp3) is 1.00. The highest BCUT2D eigenvalue weighted by molar-refractivity contribution is 7.87. The molecule has 0 N–H and O–H groups in total. The highest BCUT2D eigenvalue weighted by Gasteiger charge is 2.47. The van der Waals surface area contributed by atoms with Gasteiger partial charge in [0.25, 0.3) is 0 Å². The summed E-state index contributed by atoms with van der Waals surface area (Å²) in [7, 11) is -5.44. The Kier molecular flexibility index (Phi) is 6.27. The van der Waals surface area contributed by atoms with Crippen molar-refractivity contribution in [1.29, 1.82) is 0 Å². The van der Waals surface area contributed by atoms with Gasteiger partial charge in [-0.3, -0.25) is 4.18 Å². The molecule has 0 aromatic carbocycles. The number of unbranched alkanes of at least 4 members (excludes halogenated alkanes) is 1. The van der Waals surface area contributed by atoms with E-state index >= 15 is 0 Å². The quantitative estimate of drug-likeness (QED) is 0.401. The highest BCUT2D eigenvalue weighted by atomic mass is 32.2. The summed E-state index contributed by atoms with van der Waals surface area (Å²) >= 11 is 0. The Balaban J connectivity index is 3.68. The van der Waals surface area contributed by atoms with Crippen molar-refractivity contribution in [1.82, 2.24) is 0 Å². The minimum atomic E-state index is -5.44. The fourth-order valence-electron chi connectivity index (χ4n) is 0.759. The Hall–Kier alpha value is -0.340. The summed E-state index contributed by atoms with van der Waals surface area (Å²) < 4.78 is 65.1. The molecule has 0 saturated heterocycles. The molecule has 0 fully saturated rings. The molecule has 0 radical (unpaired) electrons. The van der Waals surface area contributed by atoms with Crippen molar-refractivity contribution in [2.45, 2.75) is 38.3 Å². The normalized spacial score (nSPS) is 13.4. The molecule has 0 aliphatic heterocycles. The van der Waals surface area contributed by atoms with Gasteiger partial charge in [0.2, 0.25) is 0 Å². The maximum absolute atomic E-state index is 11.8. The van der Waals surface area contributed by atoms with E-state index in [1.807, 2.05) is 13.8 Å². The third kappa shape index (κ3) is 6.29. The molecule has 0 amide bonds. The molecule has 0 aromatic rings. The van der Waals surface area contributed by atoms with Gasteiger partial charge < -0.3 is 4.74 Å². The maximum atomic E-state index is 11.8. The fourth-order valence-corrected chi connectivity index (χ4v) is 1.23. The molecule has 0 unspecified atom stereocenters. The SMILES string of the molecule is CC(C)OCCCCOS(=O)(=O)C(F)(F)F. The van der Waals surface area contributed by atoms with Gasteiger partial charge in [0.15, 0.2) is 0 Å². The van der Waals surface area contributed by atoms with Crippen LogP contribution in [0.2, 0.25) is 0 Å². The second kappa shape index (κ2) is 6.41. The summed E-state index contributed by atoms with van der Waals surface area (Å²) in [6, 6.07) is 0. The lowest BCUT2D eigenvalue weighted by atomic mass is 10.3. The van der Waals surface area contributed by atoms with Gasteiger partial charge in [-0.05, 0) is 26.7 Å². The predicted octanol–water partition coefficient (Wildman–Crippen LogP) is 2.06. The van der Waals surface area contributed by atoms with Crippen molar-refractivity contribution in [3.05, 3.63) is 0 Å². The van der Waals surface area contributed by atoms with Crippen LogP contribution in [0.3, 0.4) is 0 Å². The molecule has 0 aliphatic rings. The summed E-state index contributed by atoms with van der Waals surface area (Å²) in [6.07, 6.45) is 0.688. The van der Waals surface area contributed by atoms with Gasteiger partial charge in [0.1, 0.15) is 0 Å². The topological polar surface area (TPSA) is 52.6 Å².